The van der Waals surface area contributed by atoms with E-state index in [9.17, 15) is 14.9 Å². The number of phenols is 1. The predicted octanol–water partition coefficient (Wildman–Crippen LogP) is 3.20. The lowest BCUT2D eigenvalue weighted by atomic mass is 10.1. The van der Waals surface area contributed by atoms with Gasteiger partial charge in [0.05, 0.1) is 4.92 Å². The molecule has 0 saturated heterocycles. The fourth-order valence-electron chi connectivity index (χ4n) is 1.64. The normalized spacial score (nSPS) is 10.6. The van der Waals surface area contributed by atoms with Crippen LogP contribution in [0, 0.1) is 10.1 Å². The number of nitro benzene ring substituents is 1. The highest BCUT2D eigenvalue weighted by atomic mass is 16.6. The number of aromatic hydroxyl groups is 1. The topological polar surface area (TPSA) is 80.4 Å². The molecule has 0 atom stereocenters. The molecule has 0 spiro atoms. The van der Waals surface area contributed by atoms with Crippen molar-refractivity contribution in [2.75, 3.05) is 0 Å². The number of hydrogen-bond donors (Lipinski definition) is 1. The molecule has 0 heterocycles. The molecule has 2 aromatic carbocycles. The first kappa shape index (κ1) is 13.5. The molecular formula is C15H11NO4. The molecule has 0 amide bonds. The van der Waals surface area contributed by atoms with E-state index in [-0.39, 0.29) is 17.2 Å². The monoisotopic (exact) mass is 269 g/mol. The number of carbonyl (C=O) groups excluding carboxylic acids is 1. The van der Waals surface area contributed by atoms with Crippen LogP contribution in [-0.2, 0) is 0 Å². The number of ketones is 1. The minimum Gasteiger partial charge on any atom is -0.508 e. The van der Waals surface area contributed by atoms with Crippen LogP contribution in [0.4, 0.5) is 5.69 Å². The predicted molar refractivity (Wildman–Crippen MR) is 74.6 cm³/mol. The molecule has 0 radical (unpaired) electrons. The van der Waals surface area contributed by atoms with E-state index in [1.807, 2.05) is 0 Å². The number of benzene rings is 2. The van der Waals surface area contributed by atoms with E-state index in [0.717, 1.165) is 0 Å². The van der Waals surface area contributed by atoms with Gasteiger partial charge in [0.15, 0.2) is 5.78 Å². The lowest BCUT2D eigenvalue weighted by Gasteiger charge is -1.97. The van der Waals surface area contributed by atoms with Gasteiger partial charge in [-0.05, 0) is 35.9 Å². The molecule has 0 aliphatic heterocycles. The number of allylic oxidation sites excluding steroid dienone is 1. The van der Waals surface area contributed by atoms with Crippen molar-refractivity contribution in [3.05, 3.63) is 75.8 Å². The SMILES string of the molecule is O=C(/C=C/c1cccc([N+](=O)[O-])c1)c1ccc(O)cc1. The minimum absolute atomic E-state index is 0.0239. The second-order valence-corrected chi connectivity index (χ2v) is 4.10. The van der Waals surface area contributed by atoms with Gasteiger partial charge in [0.1, 0.15) is 5.75 Å². The molecule has 2 rings (SSSR count). The van der Waals surface area contributed by atoms with Crippen LogP contribution in [0.25, 0.3) is 6.08 Å². The van der Waals surface area contributed by atoms with Gasteiger partial charge >= 0.3 is 0 Å². The fraction of sp³-hybridized carbons (Fsp3) is 0. The molecule has 5 heteroatoms. The fourth-order valence-corrected chi connectivity index (χ4v) is 1.64. The van der Waals surface area contributed by atoms with Crippen molar-refractivity contribution in [2.45, 2.75) is 0 Å². The number of nitro groups is 1. The van der Waals surface area contributed by atoms with E-state index in [2.05, 4.69) is 0 Å². The van der Waals surface area contributed by atoms with Crippen molar-refractivity contribution in [1.82, 2.24) is 0 Å². The number of rotatable bonds is 4. The van der Waals surface area contributed by atoms with Gasteiger partial charge in [0, 0.05) is 17.7 Å². The average Bonchev–Trinajstić information content (AvgIpc) is 2.46. The lowest BCUT2D eigenvalue weighted by Crippen LogP contribution is -1.93. The van der Waals surface area contributed by atoms with Gasteiger partial charge in [0.25, 0.3) is 5.69 Å². The number of hydrogen-bond acceptors (Lipinski definition) is 4. The van der Waals surface area contributed by atoms with Crippen molar-refractivity contribution < 1.29 is 14.8 Å². The summed E-state index contributed by atoms with van der Waals surface area (Å²) in [5.41, 5.74) is 0.986. The Morgan fingerprint density at radius 2 is 1.85 bits per heavy atom. The minimum atomic E-state index is -0.487. The van der Waals surface area contributed by atoms with Crippen molar-refractivity contribution in [2.24, 2.45) is 0 Å². The van der Waals surface area contributed by atoms with Crippen LogP contribution in [0.1, 0.15) is 15.9 Å². The maximum atomic E-state index is 11.8. The number of carbonyl (C=O) groups is 1. The molecule has 0 aromatic heterocycles. The van der Waals surface area contributed by atoms with Gasteiger partial charge in [-0.25, -0.2) is 0 Å². The highest BCUT2D eigenvalue weighted by Gasteiger charge is 2.05. The van der Waals surface area contributed by atoms with E-state index in [1.54, 1.807) is 12.1 Å². The van der Waals surface area contributed by atoms with Crippen molar-refractivity contribution in [1.29, 1.82) is 0 Å². The highest BCUT2D eigenvalue weighted by molar-refractivity contribution is 6.06. The molecule has 0 aliphatic rings. The van der Waals surface area contributed by atoms with E-state index >= 15 is 0 Å². The van der Waals surface area contributed by atoms with Crippen LogP contribution >= 0.6 is 0 Å². The molecule has 0 fully saturated rings. The molecule has 1 N–H and O–H groups in total. The summed E-state index contributed by atoms with van der Waals surface area (Å²) in [5, 5.41) is 19.8. The summed E-state index contributed by atoms with van der Waals surface area (Å²) in [6.45, 7) is 0. The molecule has 0 bridgehead atoms. The number of nitrogens with zero attached hydrogens (tertiary/aromatic N) is 1. The Morgan fingerprint density at radius 1 is 1.15 bits per heavy atom. The second-order valence-electron chi connectivity index (χ2n) is 4.10. The van der Waals surface area contributed by atoms with Crippen LogP contribution < -0.4 is 0 Å². The summed E-state index contributed by atoms with van der Waals surface area (Å²) in [4.78, 5) is 22.0. The highest BCUT2D eigenvalue weighted by Crippen LogP contribution is 2.15. The average molecular weight is 269 g/mol. The molecule has 20 heavy (non-hydrogen) atoms. The molecule has 0 unspecified atom stereocenters. The van der Waals surface area contributed by atoms with Gasteiger partial charge in [-0.3, -0.25) is 14.9 Å². The van der Waals surface area contributed by atoms with Gasteiger partial charge in [-0.1, -0.05) is 18.2 Å². The summed E-state index contributed by atoms with van der Waals surface area (Å²) in [5.74, 6) is -0.152. The zero-order valence-electron chi connectivity index (χ0n) is 10.4. The molecule has 2 aromatic rings. The molecule has 100 valence electrons. The van der Waals surface area contributed by atoms with Gasteiger partial charge < -0.3 is 5.11 Å². The zero-order valence-corrected chi connectivity index (χ0v) is 10.4. The first-order valence-electron chi connectivity index (χ1n) is 5.82. The van der Waals surface area contributed by atoms with E-state index in [1.165, 1.54) is 48.6 Å². The van der Waals surface area contributed by atoms with Gasteiger partial charge in [-0.15, -0.1) is 0 Å². The van der Waals surface area contributed by atoms with E-state index in [0.29, 0.717) is 11.1 Å². The Bertz CT molecular complexity index is 675. The lowest BCUT2D eigenvalue weighted by molar-refractivity contribution is -0.384. The third-order valence-corrected chi connectivity index (χ3v) is 2.66. The maximum Gasteiger partial charge on any atom is 0.270 e. The zero-order chi connectivity index (χ0) is 14.5. The van der Waals surface area contributed by atoms with Gasteiger partial charge in [0.2, 0.25) is 0 Å². The largest absolute Gasteiger partial charge is 0.508 e. The quantitative estimate of drug-likeness (QED) is 0.400. The molecule has 0 aliphatic carbocycles. The van der Waals surface area contributed by atoms with Gasteiger partial charge in [-0.2, -0.15) is 0 Å². The Kier molecular flexibility index (Phi) is 3.91. The first-order chi connectivity index (χ1) is 9.56. The summed E-state index contributed by atoms with van der Waals surface area (Å²) in [6, 6.07) is 11.9. The van der Waals surface area contributed by atoms with Crippen molar-refractivity contribution in [3.8, 4) is 5.75 Å². The van der Waals surface area contributed by atoms with E-state index in [4.69, 9.17) is 5.11 Å². The Morgan fingerprint density at radius 3 is 2.50 bits per heavy atom. The third kappa shape index (κ3) is 3.29. The maximum absolute atomic E-state index is 11.8. The van der Waals surface area contributed by atoms with Crippen LogP contribution in [0.15, 0.2) is 54.6 Å². The smallest absolute Gasteiger partial charge is 0.270 e. The Hall–Kier alpha value is -2.95. The molecular weight excluding hydrogens is 258 g/mol. The van der Waals surface area contributed by atoms with Crippen molar-refractivity contribution >= 4 is 17.5 Å². The van der Waals surface area contributed by atoms with Crippen LogP contribution in [0.3, 0.4) is 0 Å². The number of phenolic OH excluding ortho intramolecular Hbond substituents is 1. The standard InChI is InChI=1S/C15H11NO4/c17-14-7-5-12(6-8-14)15(18)9-4-11-2-1-3-13(10-11)16(19)20/h1-10,17H/b9-4+. The summed E-state index contributed by atoms with van der Waals surface area (Å²) >= 11 is 0. The molecule has 5 nitrogen and oxygen atoms in total. The van der Waals surface area contributed by atoms with Crippen molar-refractivity contribution in [3.63, 3.8) is 0 Å². The molecule has 0 saturated carbocycles. The van der Waals surface area contributed by atoms with Crippen LogP contribution in [0.5, 0.6) is 5.75 Å². The summed E-state index contributed by atoms with van der Waals surface area (Å²) in [6.07, 6.45) is 2.85. The number of non-ortho nitro benzene ring substituents is 1. The van der Waals surface area contributed by atoms with E-state index < -0.39 is 4.92 Å². The second kappa shape index (κ2) is 5.79. The Labute approximate surface area is 115 Å². The van der Waals surface area contributed by atoms with Crippen LogP contribution in [-0.4, -0.2) is 15.8 Å². The first-order valence-corrected chi connectivity index (χ1v) is 5.82. The third-order valence-electron chi connectivity index (χ3n) is 2.66. The summed E-state index contributed by atoms with van der Waals surface area (Å²) < 4.78 is 0. The summed E-state index contributed by atoms with van der Waals surface area (Å²) in [7, 11) is 0. The van der Waals surface area contributed by atoms with Crippen LogP contribution in [0.2, 0.25) is 0 Å². The Balaban J connectivity index is 2.16.